The number of rotatable bonds is 2. The summed E-state index contributed by atoms with van der Waals surface area (Å²) in [6.45, 7) is 2.07. The second-order valence-electron chi connectivity index (χ2n) is 2.95. The maximum absolute atomic E-state index is 4.96. The third-order valence-electron chi connectivity index (χ3n) is 1.95. The van der Waals surface area contributed by atoms with E-state index in [-0.39, 0.29) is 0 Å². The Bertz CT molecular complexity index is 379. The molecular formula is C11H11NO. The molecule has 2 rings (SSSR count). The van der Waals surface area contributed by atoms with Crippen LogP contribution in [-0.4, -0.2) is 0 Å². The second-order valence-corrected chi connectivity index (χ2v) is 2.95. The van der Waals surface area contributed by atoms with Gasteiger partial charge in [0.2, 0.25) is 0 Å². The van der Waals surface area contributed by atoms with E-state index in [1.807, 2.05) is 24.3 Å². The van der Waals surface area contributed by atoms with Crippen LogP contribution in [0.25, 0.3) is 0 Å². The Morgan fingerprint density at radius 2 is 2.00 bits per heavy atom. The second kappa shape index (κ2) is 3.35. The van der Waals surface area contributed by atoms with Crippen LogP contribution in [0.4, 0.5) is 11.4 Å². The monoisotopic (exact) mass is 173 g/mol. The van der Waals surface area contributed by atoms with E-state index in [1.165, 1.54) is 5.56 Å². The van der Waals surface area contributed by atoms with Crippen molar-refractivity contribution in [1.82, 2.24) is 0 Å². The number of hydrogen-bond donors (Lipinski definition) is 1. The van der Waals surface area contributed by atoms with Gasteiger partial charge in [-0.1, -0.05) is 18.2 Å². The van der Waals surface area contributed by atoms with Crippen molar-refractivity contribution in [2.45, 2.75) is 6.92 Å². The van der Waals surface area contributed by atoms with Gasteiger partial charge in [0.05, 0.1) is 12.0 Å². The lowest BCUT2D eigenvalue weighted by Gasteiger charge is -2.05. The van der Waals surface area contributed by atoms with Crippen LogP contribution in [0, 0.1) is 6.92 Å². The zero-order chi connectivity index (χ0) is 9.10. The molecule has 2 aromatic rings. The van der Waals surface area contributed by atoms with Crippen molar-refractivity contribution < 1.29 is 4.42 Å². The van der Waals surface area contributed by atoms with Crippen LogP contribution in [0.15, 0.2) is 47.3 Å². The summed E-state index contributed by atoms with van der Waals surface area (Å²) in [6.07, 6.45) is 3.34. The molecule has 0 unspecified atom stereocenters. The molecule has 0 saturated heterocycles. The summed E-state index contributed by atoms with van der Waals surface area (Å²) in [5.41, 5.74) is 3.32. The minimum atomic E-state index is 0.981. The Labute approximate surface area is 77.2 Å². The molecule has 13 heavy (non-hydrogen) atoms. The minimum Gasteiger partial charge on any atom is -0.470 e. The largest absolute Gasteiger partial charge is 0.470 e. The Kier molecular flexibility index (Phi) is 2.04. The highest BCUT2D eigenvalue weighted by molar-refractivity contribution is 5.61. The van der Waals surface area contributed by atoms with Gasteiger partial charge in [-0.25, -0.2) is 0 Å². The van der Waals surface area contributed by atoms with E-state index in [9.17, 15) is 0 Å². The predicted octanol–water partition coefficient (Wildman–Crippen LogP) is 3.33. The van der Waals surface area contributed by atoms with Crippen molar-refractivity contribution in [2.75, 3.05) is 5.32 Å². The Hall–Kier alpha value is -1.70. The molecule has 0 aliphatic heterocycles. The standard InChI is InChI=1S/C11H11NO/c1-9-4-2-3-5-11(9)12-10-6-7-13-8-10/h2-8,12H,1H3. The molecule has 1 heterocycles. The zero-order valence-electron chi connectivity index (χ0n) is 7.45. The van der Waals surface area contributed by atoms with Crippen LogP contribution in [0.1, 0.15) is 5.56 Å². The Morgan fingerprint density at radius 3 is 2.69 bits per heavy atom. The Morgan fingerprint density at radius 1 is 1.15 bits per heavy atom. The molecule has 1 N–H and O–H groups in total. The number of anilines is 2. The number of para-hydroxylation sites is 1. The first-order valence-electron chi connectivity index (χ1n) is 4.21. The normalized spacial score (nSPS) is 9.92. The fourth-order valence-corrected chi connectivity index (χ4v) is 1.20. The lowest BCUT2D eigenvalue weighted by Crippen LogP contribution is -1.90. The molecule has 0 saturated carbocycles. The van der Waals surface area contributed by atoms with Crippen molar-refractivity contribution in [3.05, 3.63) is 48.4 Å². The van der Waals surface area contributed by atoms with Crippen molar-refractivity contribution in [1.29, 1.82) is 0 Å². The van der Waals surface area contributed by atoms with Gasteiger partial charge >= 0.3 is 0 Å². The molecule has 1 aromatic carbocycles. The number of benzene rings is 1. The lowest BCUT2D eigenvalue weighted by molar-refractivity contribution is 0.568. The molecule has 1 aromatic heterocycles. The van der Waals surface area contributed by atoms with E-state index in [1.54, 1.807) is 12.5 Å². The third kappa shape index (κ3) is 1.72. The minimum absolute atomic E-state index is 0.981. The number of nitrogens with one attached hydrogen (secondary N) is 1. The van der Waals surface area contributed by atoms with E-state index in [4.69, 9.17) is 4.42 Å². The summed E-state index contributed by atoms with van der Waals surface area (Å²) < 4.78 is 4.96. The van der Waals surface area contributed by atoms with E-state index in [2.05, 4.69) is 18.3 Å². The number of hydrogen-bond acceptors (Lipinski definition) is 2. The van der Waals surface area contributed by atoms with Crippen LogP contribution >= 0.6 is 0 Å². The highest BCUT2D eigenvalue weighted by atomic mass is 16.3. The summed E-state index contributed by atoms with van der Waals surface area (Å²) in [5.74, 6) is 0. The van der Waals surface area contributed by atoms with Crippen LogP contribution in [0.5, 0.6) is 0 Å². The molecule has 2 heteroatoms. The average molecular weight is 173 g/mol. The fourth-order valence-electron chi connectivity index (χ4n) is 1.20. The maximum Gasteiger partial charge on any atom is 0.114 e. The Balaban J connectivity index is 2.24. The molecule has 0 aliphatic carbocycles. The maximum atomic E-state index is 4.96. The first-order chi connectivity index (χ1) is 6.36. The quantitative estimate of drug-likeness (QED) is 0.753. The molecular weight excluding hydrogens is 162 g/mol. The van der Waals surface area contributed by atoms with Gasteiger partial charge in [0, 0.05) is 5.69 Å². The van der Waals surface area contributed by atoms with Crippen molar-refractivity contribution >= 4 is 11.4 Å². The molecule has 0 atom stereocenters. The van der Waals surface area contributed by atoms with Crippen LogP contribution < -0.4 is 5.32 Å². The van der Waals surface area contributed by atoms with Crippen molar-refractivity contribution in [2.24, 2.45) is 0 Å². The lowest BCUT2D eigenvalue weighted by atomic mass is 10.2. The van der Waals surface area contributed by atoms with Gasteiger partial charge in [-0.3, -0.25) is 0 Å². The number of furan rings is 1. The SMILES string of the molecule is Cc1ccccc1Nc1ccoc1. The van der Waals surface area contributed by atoms with E-state index < -0.39 is 0 Å². The summed E-state index contributed by atoms with van der Waals surface area (Å²) >= 11 is 0. The summed E-state index contributed by atoms with van der Waals surface area (Å²) in [7, 11) is 0. The third-order valence-corrected chi connectivity index (χ3v) is 1.95. The van der Waals surface area contributed by atoms with Crippen molar-refractivity contribution in [3.63, 3.8) is 0 Å². The summed E-state index contributed by atoms with van der Waals surface area (Å²) in [5, 5.41) is 3.26. The molecule has 0 fully saturated rings. The summed E-state index contributed by atoms with van der Waals surface area (Å²) in [4.78, 5) is 0. The topological polar surface area (TPSA) is 25.2 Å². The smallest absolute Gasteiger partial charge is 0.114 e. The van der Waals surface area contributed by atoms with E-state index >= 15 is 0 Å². The van der Waals surface area contributed by atoms with E-state index in [0.29, 0.717) is 0 Å². The molecule has 0 spiro atoms. The van der Waals surface area contributed by atoms with Crippen molar-refractivity contribution in [3.8, 4) is 0 Å². The van der Waals surface area contributed by atoms with E-state index in [0.717, 1.165) is 11.4 Å². The van der Waals surface area contributed by atoms with Gasteiger partial charge < -0.3 is 9.73 Å². The van der Waals surface area contributed by atoms with Crippen LogP contribution in [0.2, 0.25) is 0 Å². The highest BCUT2D eigenvalue weighted by Crippen LogP contribution is 2.19. The van der Waals surface area contributed by atoms with Gasteiger partial charge in [-0.15, -0.1) is 0 Å². The van der Waals surface area contributed by atoms with Gasteiger partial charge in [0.25, 0.3) is 0 Å². The molecule has 0 amide bonds. The number of aryl methyl sites for hydroxylation is 1. The van der Waals surface area contributed by atoms with Gasteiger partial charge in [0.1, 0.15) is 6.26 Å². The first kappa shape index (κ1) is 7.92. The van der Waals surface area contributed by atoms with Gasteiger partial charge in [-0.2, -0.15) is 0 Å². The predicted molar refractivity (Wildman–Crippen MR) is 53.2 cm³/mol. The summed E-state index contributed by atoms with van der Waals surface area (Å²) in [6, 6.07) is 10.0. The average Bonchev–Trinajstić information content (AvgIpc) is 2.61. The molecule has 0 radical (unpaired) electrons. The first-order valence-corrected chi connectivity index (χ1v) is 4.21. The molecule has 0 aliphatic rings. The molecule has 2 nitrogen and oxygen atoms in total. The van der Waals surface area contributed by atoms with Crippen LogP contribution in [0.3, 0.4) is 0 Å². The van der Waals surface area contributed by atoms with Gasteiger partial charge in [0.15, 0.2) is 0 Å². The van der Waals surface area contributed by atoms with Crippen LogP contribution in [-0.2, 0) is 0 Å². The highest BCUT2D eigenvalue weighted by Gasteiger charge is 1.97. The fraction of sp³-hybridized carbons (Fsp3) is 0.0909. The molecule has 0 bridgehead atoms. The van der Waals surface area contributed by atoms with Gasteiger partial charge in [-0.05, 0) is 24.6 Å². The molecule has 66 valence electrons. The zero-order valence-corrected chi connectivity index (χ0v) is 7.45.